The van der Waals surface area contributed by atoms with Crippen molar-refractivity contribution in [2.75, 3.05) is 13.1 Å². The Morgan fingerprint density at radius 2 is 1.77 bits per heavy atom. The van der Waals surface area contributed by atoms with Crippen LogP contribution in [0.25, 0.3) is 10.9 Å². The number of carbonyl (C=O) groups is 1. The molecule has 1 aromatic heterocycles. The minimum Gasteiger partial charge on any atom is -0.347 e. The molecule has 1 aliphatic heterocycles. The number of amides is 1. The summed E-state index contributed by atoms with van der Waals surface area (Å²) in [6.07, 6.45) is 2.05. The second-order valence-corrected chi connectivity index (χ2v) is 7.11. The maximum absolute atomic E-state index is 13.8. The summed E-state index contributed by atoms with van der Waals surface area (Å²) in [7, 11) is 2.12. The number of benzene rings is 2. The van der Waals surface area contributed by atoms with Crippen molar-refractivity contribution in [2.24, 2.45) is 7.05 Å². The second kappa shape index (κ2) is 6.94. The van der Waals surface area contributed by atoms with E-state index in [1.165, 1.54) is 22.7 Å². The molecule has 0 unspecified atom stereocenters. The van der Waals surface area contributed by atoms with E-state index < -0.39 is 0 Å². The molecule has 0 saturated carbocycles. The lowest BCUT2D eigenvalue weighted by atomic mass is 9.93. The number of aryl methyl sites for hydroxylation is 1. The Balaban J connectivity index is 1.43. The first-order valence-electron chi connectivity index (χ1n) is 9.19. The molecule has 0 bridgehead atoms. The zero-order chi connectivity index (χ0) is 18.1. The van der Waals surface area contributed by atoms with Crippen molar-refractivity contribution in [1.82, 2.24) is 9.47 Å². The third kappa shape index (κ3) is 3.12. The Morgan fingerprint density at radius 1 is 1.08 bits per heavy atom. The summed E-state index contributed by atoms with van der Waals surface area (Å²) in [5, 5.41) is 1.27. The maximum Gasteiger partial charge on any atom is 0.227 e. The van der Waals surface area contributed by atoms with Crippen molar-refractivity contribution in [3.63, 3.8) is 0 Å². The monoisotopic (exact) mass is 350 g/mol. The van der Waals surface area contributed by atoms with Crippen LogP contribution in [0.3, 0.4) is 0 Å². The molecule has 1 saturated heterocycles. The van der Waals surface area contributed by atoms with Crippen LogP contribution in [0.1, 0.15) is 30.0 Å². The molecule has 3 aromatic rings. The number of halogens is 1. The molecule has 0 radical (unpaired) electrons. The standard InChI is InChI=1S/C22H23FN2O/c1-24-20-9-5-3-7-18(20)14-21(24)16-10-12-25(13-11-16)22(26)15-17-6-2-4-8-19(17)23/h2-9,14,16H,10-13,15H2,1H3. The third-order valence-electron chi connectivity index (χ3n) is 5.55. The first kappa shape index (κ1) is 16.8. The van der Waals surface area contributed by atoms with E-state index in [1.54, 1.807) is 18.2 Å². The normalized spacial score (nSPS) is 15.5. The Labute approximate surface area is 153 Å². The van der Waals surface area contributed by atoms with E-state index >= 15 is 0 Å². The topological polar surface area (TPSA) is 25.2 Å². The SMILES string of the molecule is Cn1c(C2CCN(C(=O)Cc3ccccc3F)CC2)cc2ccccc21. The summed E-state index contributed by atoms with van der Waals surface area (Å²) in [5.74, 6) is 0.182. The number of aromatic nitrogens is 1. The van der Waals surface area contributed by atoms with E-state index in [0.29, 0.717) is 11.5 Å². The van der Waals surface area contributed by atoms with Crippen molar-refractivity contribution in [3.05, 3.63) is 71.7 Å². The average Bonchev–Trinajstić information content (AvgIpc) is 3.01. The molecule has 134 valence electrons. The van der Waals surface area contributed by atoms with Crippen LogP contribution in [0.15, 0.2) is 54.6 Å². The van der Waals surface area contributed by atoms with E-state index in [-0.39, 0.29) is 18.1 Å². The van der Waals surface area contributed by atoms with E-state index in [9.17, 15) is 9.18 Å². The molecule has 2 aromatic carbocycles. The van der Waals surface area contributed by atoms with Gasteiger partial charge in [-0.3, -0.25) is 4.79 Å². The summed E-state index contributed by atoms with van der Waals surface area (Å²) in [6.45, 7) is 1.47. The lowest BCUT2D eigenvalue weighted by Gasteiger charge is -2.32. The molecule has 0 spiro atoms. The van der Waals surface area contributed by atoms with Crippen LogP contribution in [0.2, 0.25) is 0 Å². The van der Waals surface area contributed by atoms with Gasteiger partial charge in [-0.2, -0.15) is 0 Å². The number of hydrogen-bond acceptors (Lipinski definition) is 1. The molecule has 1 amide bonds. The van der Waals surface area contributed by atoms with Gasteiger partial charge >= 0.3 is 0 Å². The van der Waals surface area contributed by atoms with Crippen molar-refractivity contribution < 1.29 is 9.18 Å². The first-order valence-corrected chi connectivity index (χ1v) is 9.19. The summed E-state index contributed by atoms with van der Waals surface area (Å²) in [5.41, 5.74) is 3.07. The predicted octanol–water partition coefficient (Wildman–Crippen LogP) is 4.27. The van der Waals surface area contributed by atoms with Gasteiger partial charge in [0, 0.05) is 37.3 Å². The van der Waals surface area contributed by atoms with Gasteiger partial charge in [0.25, 0.3) is 0 Å². The second-order valence-electron chi connectivity index (χ2n) is 7.11. The van der Waals surface area contributed by atoms with E-state index in [1.807, 2.05) is 4.90 Å². The highest BCUT2D eigenvalue weighted by Crippen LogP contribution is 2.32. The van der Waals surface area contributed by atoms with Gasteiger partial charge in [0.1, 0.15) is 5.82 Å². The minimum atomic E-state index is -0.300. The summed E-state index contributed by atoms with van der Waals surface area (Å²) < 4.78 is 16.0. The van der Waals surface area contributed by atoms with Crippen LogP contribution in [-0.2, 0) is 18.3 Å². The molecule has 2 heterocycles. The van der Waals surface area contributed by atoms with E-state index in [2.05, 4.69) is 41.9 Å². The molecular formula is C22H23FN2O. The zero-order valence-electron chi connectivity index (χ0n) is 15.0. The van der Waals surface area contributed by atoms with Gasteiger partial charge < -0.3 is 9.47 Å². The van der Waals surface area contributed by atoms with Gasteiger partial charge in [-0.1, -0.05) is 36.4 Å². The summed E-state index contributed by atoms with van der Waals surface area (Å²) in [6, 6.07) is 17.2. The Morgan fingerprint density at radius 3 is 2.50 bits per heavy atom. The average molecular weight is 350 g/mol. The molecule has 4 heteroatoms. The smallest absolute Gasteiger partial charge is 0.227 e. The number of carbonyl (C=O) groups excluding carboxylic acids is 1. The molecule has 1 fully saturated rings. The molecular weight excluding hydrogens is 327 g/mol. The minimum absolute atomic E-state index is 0.0191. The predicted molar refractivity (Wildman–Crippen MR) is 102 cm³/mol. The molecule has 0 aliphatic carbocycles. The summed E-state index contributed by atoms with van der Waals surface area (Å²) >= 11 is 0. The lowest BCUT2D eigenvalue weighted by Crippen LogP contribution is -2.39. The zero-order valence-corrected chi connectivity index (χ0v) is 15.0. The van der Waals surface area contributed by atoms with Gasteiger partial charge in [0.15, 0.2) is 0 Å². The van der Waals surface area contributed by atoms with E-state index in [4.69, 9.17) is 0 Å². The van der Waals surface area contributed by atoms with Gasteiger partial charge in [-0.05, 0) is 42.0 Å². The Kier molecular flexibility index (Phi) is 4.49. The first-order chi connectivity index (χ1) is 12.6. The molecule has 1 aliphatic rings. The number of hydrogen-bond donors (Lipinski definition) is 0. The summed E-state index contributed by atoms with van der Waals surface area (Å²) in [4.78, 5) is 14.4. The van der Waals surface area contributed by atoms with Crippen LogP contribution < -0.4 is 0 Å². The highest BCUT2D eigenvalue weighted by Gasteiger charge is 2.26. The van der Waals surface area contributed by atoms with Crippen LogP contribution in [-0.4, -0.2) is 28.5 Å². The lowest BCUT2D eigenvalue weighted by molar-refractivity contribution is -0.131. The Hall–Kier alpha value is -2.62. The maximum atomic E-state index is 13.8. The van der Waals surface area contributed by atoms with Crippen molar-refractivity contribution in [1.29, 1.82) is 0 Å². The Bertz CT molecular complexity index is 938. The number of piperidine rings is 1. The van der Waals surface area contributed by atoms with Gasteiger partial charge in [-0.25, -0.2) is 4.39 Å². The molecule has 0 N–H and O–H groups in total. The largest absolute Gasteiger partial charge is 0.347 e. The van der Waals surface area contributed by atoms with Crippen LogP contribution in [0.5, 0.6) is 0 Å². The van der Waals surface area contributed by atoms with E-state index in [0.717, 1.165) is 25.9 Å². The van der Waals surface area contributed by atoms with Crippen molar-refractivity contribution >= 4 is 16.8 Å². The highest BCUT2D eigenvalue weighted by atomic mass is 19.1. The fourth-order valence-corrected chi connectivity index (χ4v) is 4.04. The number of rotatable bonds is 3. The van der Waals surface area contributed by atoms with Gasteiger partial charge in [0.2, 0.25) is 5.91 Å². The van der Waals surface area contributed by atoms with Crippen LogP contribution in [0.4, 0.5) is 4.39 Å². The highest BCUT2D eigenvalue weighted by molar-refractivity contribution is 5.81. The van der Waals surface area contributed by atoms with Gasteiger partial charge in [0.05, 0.1) is 6.42 Å². The molecule has 0 atom stereocenters. The quantitative estimate of drug-likeness (QED) is 0.693. The number of nitrogens with zero attached hydrogens (tertiary/aromatic N) is 2. The van der Waals surface area contributed by atoms with Crippen LogP contribution in [0, 0.1) is 5.82 Å². The molecule has 26 heavy (non-hydrogen) atoms. The number of likely N-dealkylation sites (tertiary alicyclic amines) is 1. The third-order valence-corrected chi connectivity index (χ3v) is 5.55. The van der Waals surface area contributed by atoms with Gasteiger partial charge in [-0.15, -0.1) is 0 Å². The fraction of sp³-hybridized carbons (Fsp3) is 0.318. The number of fused-ring (bicyclic) bond motifs is 1. The van der Waals surface area contributed by atoms with Crippen molar-refractivity contribution in [2.45, 2.75) is 25.2 Å². The van der Waals surface area contributed by atoms with Crippen molar-refractivity contribution in [3.8, 4) is 0 Å². The molecule has 4 rings (SSSR count). The fourth-order valence-electron chi connectivity index (χ4n) is 4.04. The molecule has 3 nitrogen and oxygen atoms in total. The number of para-hydroxylation sites is 1. The van der Waals surface area contributed by atoms with Crippen LogP contribution >= 0.6 is 0 Å².